The molecule has 2 aromatic heterocycles. The minimum absolute atomic E-state index is 0.0938. The number of hydrogen-bond acceptors (Lipinski definition) is 5. The molecule has 1 atom stereocenters. The maximum absolute atomic E-state index is 12.7. The second-order valence-corrected chi connectivity index (χ2v) is 5.83. The van der Waals surface area contributed by atoms with E-state index in [0.29, 0.717) is 11.3 Å². The molecule has 1 unspecified atom stereocenters. The number of Topliss-reactive ketones (excluding diaryl/α,β-unsaturated/α-hetero) is 1. The number of carbonyl (C=O) groups excluding carboxylic acids is 3. The molecule has 0 aliphatic rings. The van der Waals surface area contributed by atoms with Crippen LogP contribution in [0.25, 0.3) is 10.9 Å². The molecule has 0 spiro atoms. The van der Waals surface area contributed by atoms with Crippen LogP contribution >= 0.6 is 0 Å². The molecule has 26 heavy (non-hydrogen) atoms. The second kappa shape index (κ2) is 7.26. The van der Waals surface area contributed by atoms with Gasteiger partial charge in [0.25, 0.3) is 5.91 Å². The molecule has 2 heterocycles. The molecule has 0 aliphatic heterocycles. The summed E-state index contributed by atoms with van der Waals surface area (Å²) in [7, 11) is 0. The topological polar surface area (TPSA) is 101 Å². The largest absolute Gasteiger partial charge is 0.459 e. The minimum Gasteiger partial charge on any atom is -0.459 e. The van der Waals surface area contributed by atoms with Gasteiger partial charge in [0.2, 0.25) is 5.78 Å². The predicted octanol–water partition coefficient (Wildman–Crippen LogP) is 2.61. The van der Waals surface area contributed by atoms with Gasteiger partial charge in [0, 0.05) is 22.2 Å². The summed E-state index contributed by atoms with van der Waals surface area (Å²) in [5.74, 6) is -1.44. The van der Waals surface area contributed by atoms with Crippen LogP contribution in [-0.2, 0) is 9.53 Å². The quantitative estimate of drug-likeness (QED) is 0.523. The van der Waals surface area contributed by atoms with Crippen molar-refractivity contribution >= 4 is 28.6 Å². The summed E-state index contributed by atoms with van der Waals surface area (Å²) in [6, 6.07) is 10.5. The zero-order valence-electron chi connectivity index (χ0n) is 14.4. The van der Waals surface area contributed by atoms with Crippen molar-refractivity contribution in [3.63, 3.8) is 0 Å². The number of para-hydroxylation sites is 1. The first-order valence-electron chi connectivity index (χ1n) is 8.10. The van der Waals surface area contributed by atoms with Crippen molar-refractivity contribution < 1.29 is 23.5 Å². The molecule has 1 amide bonds. The highest BCUT2D eigenvalue weighted by Crippen LogP contribution is 2.23. The van der Waals surface area contributed by atoms with Crippen molar-refractivity contribution in [3.05, 3.63) is 59.7 Å². The number of amides is 1. The number of aryl methyl sites for hydroxylation is 1. The zero-order chi connectivity index (χ0) is 18.7. The Balaban J connectivity index is 1.62. The normalized spacial score (nSPS) is 11.9. The summed E-state index contributed by atoms with van der Waals surface area (Å²) in [6.45, 7) is 2.95. The Hall–Kier alpha value is -3.35. The van der Waals surface area contributed by atoms with Crippen LogP contribution in [0.15, 0.2) is 47.1 Å². The summed E-state index contributed by atoms with van der Waals surface area (Å²) >= 11 is 0. The Bertz CT molecular complexity index is 956. The number of ether oxygens (including phenoxy) is 1. The third kappa shape index (κ3) is 3.51. The number of H-pyrrole nitrogens is 1. The molecule has 0 bridgehead atoms. The third-order valence-corrected chi connectivity index (χ3v) is 3.96. The molecule has 2 N–H and O–H groups in total. The van der Waals surface area contributed by atoms with Crippen LogP contribution in [-0.4, -0.2) is 35.3 Å². The lowest BCUT2D eigenvalue weighted by molar-refractivity contribution is -0.145. The van der Waals surface area contributed by atoms with Crippen LogP contribution in [0.3, 0.4) is 0 Å². The first-order chi connectivity index (χ1) is 12.5. The van der Waals surface area contributed by atoms with Crippen molar-refractivity contribution in [1.29, 1.82) is 0 Å². The maximum atomic E-state index is 12.7. The van der Waals surface area contributed by atoms with Gasteiger partial charge in [-0.25, -0.2) is 0 Å². The summed E-state index contributed by atoms with van der Waals surface area (Å²) in [5, 5.41) is 3.16. The van der Waals surface area contributed by atoms with Gasteiger partial charge in [0.1, 0.15) is 6.54 Å². The molecule has 1 aromatic carbocycles. The molecule has 7 nitrogen and oxygen atoms in total. The van der Waals surface area contributed by atoms with Gasteiger partial charge in [-0.15, -0.1) is 0 Å². The lowest BCUT2D eigenvalue weighted by atomic mass is 10.0. The maximum Gasteiger partial charge on any atom is 0.326 e. The number of fused-ring (bicyclic) bond motifs is 1. The van der Waals surface area contributed by atoms with Gasteiger partial charge in [0.15, 0.2) is 11.9 Å². The first kappa shape index (κ1) is 17.5. The number of aromatic nitrogens is 1. The highest BCUT2D eigenvalue weighted by molar-refractivity contribution is 6.11. The number of furan rings is 1. The number of rotatable bonds is 6. The van der Waals surface area contributed by atoms with Crippen LogP contribution in [0.1, 0.15) is 33.5 Å². The molecule has 0 aliphatic carbocycles. The smallest absolute Gasteiger partial charge is 0.326 e. The van der Waals surface area contributed by atoms with Crippen LogP contribution in [0.2, 0.25) is 0 Å². The molecule has 0 saturated carbocycles. The molecule has 134 valence electrons. The second-order valence-electron chi connectivity index (χ2n) is 5.83. The molecule has 3 rings (SSSR count). The van der Waals surface area contributed by atoms with Gasteiger partial charge in [-0.1, -0.05) is 18.2 Å². The highest BCUT2D eigenvalue weighted by atomic mass is 16.5. The number of hydrogen-bond donors (Lipinski definition) is 2. The van der Waals surface area contributed by atoms with Crippen molar-refractivity contribution in [3.8, 4) is 0 Å². The third-order valence-electron chi connectivity index (χ3n) is 3.96. The number of esters is 1. The lowest BCUT2D eigenvalue weighted by Crippen LogP contribution is -2.34. The molecular formula is C19H18N2O5. The van der Waals surface area contributed by atoms with E-state index in [9.17, 15) is 14.4 Å². The van der Waals surface area contributed by atoms with Gasteiger partial charge >= 0.3 is 5.97 Å². The highest BCUT2D eigenvalue weighted by Gasteiger charge is 2.24. The van der Waals surface area contributed by atoms with Gasteiger partial charge < -0.3 is 19.5 Å². The zero-order valence-corrected chi connectivity index (χ0v) is 14.4. The minimum atomic E-state index is -0.971. The van der Waals surface area contributed by atoms with E-state index in [1.165, 1.54) is 19.3 Å². The van der Waals surface area contributed by atoms with Crippen molar-refractivity contribution in [2.45, 2.75) is 20.0 Å². The van der Waals surface area contributed by atoms with E-state index in [4.69, 9.17) is 9.15 Å². The van der Waals surface area contributed by atoms with E-state index < -0.39 is 18.0 Å². The lowest BCUT2D eigenvalue weighted by Gasteiger charge is -2.13. The number of carbonyl (C=O) groups is 3. The monoisotopic (exact) mass is 354 g/mol. The Kier molecular flexibility index (Phi) is 4.88. The SMILES string of the molecule is Cc1[nH]c2ccccc2c1C(=O)C(C)OC(=O)CNC(=O)c1ccco1. The summed E-state index contributed by atoms with van der Waals surface area (Å²) in [5.41, 5.74) is 2.06. The number of benzene rings is 1. The Morgan fingerprint density at radius 3 is 2.69 bits per heavy atom. The van der Waals surface area contributed by atoms with E-state index in [1.54, 1.807) is 13.0 Å². The molecule has 0 radical (unpaired) electrons. The Labute approximate surface area is 149 Å². The van der Waals surface area contributed by atoms with Gasteiger partial charge in [-0.05, 0) is 32.0 Å². The number of aromatic amines is 1. The van der Waals surface area contributed by atoms with E-state index in [0.717, 1.165) is 10.9 Å². The summed E-state index contributed by atoms with van der Waals surface area (Å²) < 4.78 is 10.1. The predicted molar refractivity (Wildman–Crippen MR) is 94.0 cm³/mol. The fourth-order valence-corrected chi connectivity index (χ4v) is 2.74. The molecule has 7 heteroatoms. The van der Waals surface area contributed by atoms with Gasteiger partial charge in [0.05, 0.1) is 6.26 Å². The summed E-state index contributed by atoms with van der Waals surface area (Å²) in [4.78, 5) is 39.5. The molecule has 0 saturated heterocycles. The Morgan fingerprint density at radius 1 is 1.19 bits per heavy atom. The molecule has 3 aromatic rings. The first-order valence-corrected chi connectivity index (χ1v) is 8.10. The van der Waals surface area contributed by atoms with Crippen LogP contribution < -0.4 is 5.32 Å². The average Bonchev–Trinajstić information content (AvgIpc) is 3.26. The van der Waals surface area contributed by atoms with Crippen LogP contribution in [0.5, 0.6) is 0 Å². The molecular weight excluding hydrogens is 336 g/mol. The fraction of sp³-hybridized carbons (Fsp3) is 0.211. The fourth-order valence-electron chi connectivity index (χ4n) is 2.74. The van der Waals surface area contributed by atoms with Gasteiger partial charge in [-0.2, -0.15) is 0 Å². The van der Waals surface area contributed by atoms with E-state index in [-0.39, 0.29) is 18.1 Å². The van der Waals surface area contributed by atoms with Crippen molar-refractivity contribution in [1.82, 2.24) is 10.3 Å². The van der Waals surface area contributed by atoms with Crippen LogP contribution in [0.4, 0.5) is 0 Å². The average molecular weight is 354 g/mol. The van der Waals surface area contributed by atoms with Crippen LogP contribution in [0, 0.1) is 6.92 Å². The number of nitrogens with one attached hydrogen (secondary N) is 2. The van der Waals surface area contributed by atoms with Crippen molar-refractivity contribution in [2.75, 3.05) is 6.54 Å². The Morgan fingerprint density at radius 2 is 1.96 bits per heavy atom. The van der Waals surface area contributed by atoms with Crippen molar-refractivity contribution in [2.24, 2.45) is 0 Å². The summed E-state index contributed by atoms with van der Waals surface area (Å²) in [6.07, 6.45) is 0.387. The van der Waals surface area contributed by atoms with E-state index >= 15 is 0 Å². The van der Waals surface area contributed by atoms with E-state index in [2.05, 4.69) is 10.3 Å². The van der Waals surface area contributed by atoms with Gasteiger partial charge in [-0.3, -0.25) is 14.4 Å². The van der Waals surface area contributed by atoms with E-state index in [1.807, 2.05) is 24.3 Å². The standard InChI is InChI=1S/C19H18N2O5/c1-11-17(13-6-3-4-7-14(13)21-11)18(23)12(2)26-16(22)10-20-19(24)15-8-5-9-25-15/h3-9,12,21H,10H2,1-2H3,(H,20,24). The molecule has 0 fully saturated rings. The number of ketones is 1.